The smallest absolute Gasteiger partial charge is 0.225 e. The summed E-state index contributed by atoms with van der Waals surface area (Å²) in [6.07, 6.45) is 15.1. The lowest BCUT2D eigenvalue weighted by Crippen LogP contribution is -2.40. The minimum Gasteiger partial charge on any atom is -0.380 e. The molecule has 5 rings (SSSR count). The van der Waals surface area contributed by atoms with E-state index in [4.69, 9.17) is 11.6 Å². The summed E-state index contributed by atoms with van der Waals surface area (Å²) in [4.78, 5) is 15.0. The van der Waals surface area contributed by atoms with Crippen molar-refractivity contribution in [1.82, 2.24) is 10.2 Å². The van der Waals surface area contributed by atoms with Gasteiger partial charge in [0.15, 0.2) is 0 Å². The van der Waals surface area contributed by atoms with Gasteiger partial charge in [0.25, 0.3) is 0 Å². The van der Waals surface area contributed by atoms with E-state index in [1.54, 1.807) is 0 Å². The maximum atomic E-state index is 12.9. The van der Waals surface area contributed by atoms with E-state index in [0.29, 0.717) is 5.91 Å². The number of fused-ring (bicyclic) bond motifs is 2. The maximum absolute atomic E-state index is 12.9. The van der Waals surface area contributed by atoms with Gasteiger partial charge in [-0.2, -0.15) is 0 Å². The molecule has 2 aliphatic carbocycles. The minimum absolute atomic E-state index is 0.245. The van der Waals surface area contributed by atoms with E-state index in [1.807, 2.05) is 6.07 Å². The van der Waals surface area contributed by atoms with Crippen LogP contribution in [-0.2, 0) is 11.2 Å². The number of aryl methyl sites for hydroxylation is 1. The topological polar surface area (TPSA) is 32.3 Å². The number of halogens is 1. The van der Waals surface area contributed by atoms with Gasteiger partial charge in [0, 0.05) is 24.0 Å². The first kappa shape index (κ1) is 19.0. The second kappa shape index (κ2) is 8.02. The van der Waals surface area contributed by atoms with Gasteiger partial charge in [-0.1, -0.05) is 42.2 Å². The van der Waals surface area contributed by atoms with Crippen molar-refractivity contribution in [3.8, 4) is 0 Å². The zero-order valence-corrected chi connectivity index (χ0v) is 17.7. The summed E-state index contributed by atoms with van der Waals surface area (Å²) < 4.78 is 0. The van der Waals surface area contributed by atoms with Crippen LogP contribution in [0.3, 0.4) is 0 Å². The molecule has 0 radical (unpaired) electrons. The van der Waals surface area contributed by atoms with Crippen LogP contribution in [0.25, 0.3) is 5.57 Å². The highest BCUT2D eigenvalue weighted by Crippen LogP contribution is 2.40. The van der Waals surface area contributed by atoms with Crippen molar-refractivity contribution in [3.05, 3.63) is 63.8 Å². The number of allylic oxidation sites excluding steroid dienone is 2. The highest BCUT2D eigenvalue weighted by atomic mass is 35.5. The first-order valence-corrected chi connectivity index (χ1v) is 11.5. The molecule has 152 valence electrons. The normalized spacial score (nSPS) is 24.5. The van der Waals surface area contributed by atoms with Gasteiger partial charge >= 0.3 is 0 Å². The molecule has 1 amide bonds. The Bertz CT molecular complexity index is 897. The van der Waals surface area contributed by atoms with Crippen LogP contribution in [-0.4, -0.2) is 29.9 Å². The number of amides is 1. The van der Waals surface area contributed by atoms with Gasteiger partial charge in [-0.15, -0.1) is 0 Å². The molecule has 1 saturated heterocycles. The second-order valence-electron chi connectivity index (χ2n) is 8.83. The van der Waals surface area contributed by atoms with Crippen LogP contribution in [0, 0.1) is 5.92 Å². The molecule has 2 aliphatic heterocycles. The van der Waals surface area contributed by atoms with E-state index in [2.05, 4.69) is 40.7 Å². The molecule has 1 unspecified atom stereocenters. The van der Waals surface area contributed by atoms with Crippen molar-refractivity contribution < 1.29 is 4.79 Å². The molecule has 1 aromatic carbocycles. The Labute approximate surface area is 178 Å². The zero-order valence-electron chi connectivity index (χ0n) is 16.9. The summed E-state index contributed by atoms with van der Waals surface area (Å²) in [6, 6.07) is 6.61. The monoisotopic (exact) mass is 408 g/mol. The maximum Gasteiger partial charge on any atom is 0.225 e. The van der Waals surface area contributed by atoms with E-state index in [0.717, 1.165) is 56.6 Å². The quantitative estimate of drug-likeness (QED) is 0.687. The lowest BCUT2D eigenvalue weighted by molar-refractivity contribution is -0.135. The van der Waals surface area contributed by atoms with Crippen molar-refractivity contribution >= 4 is 23.1 Å². The van der Waals surface area contributed by atoms with E-state index >= 15 is 0 Å². The highest BCUT2D eigenvalue weighted by molar-refractivity contribution is 6.30. The molecule has 1 N–H and O–H groups in total. The number of rotatable bonds is 1. The molecule has 29 heavy (non-hydrogen) atoms. The first-order valence-electron chi connectivity index (χ1n) is 11.1. The largest absolute Gasteiger partial charge is 0.380 e. The molecule has 4 aliphatic rings. The standard InChI is InChI=1S/C25H29ClN2O/c26-21-9-10-22-20(16-21)8-7-18-6-3-13-27-24(18)23(22)17-11-14-28(15-12-17)25(29)19-4-1-2-5-19/h3,6,9-10,13,16,19,24,27H,1-2,4-5,7-8,11-12,14-15H2. The van der Waals surface area contributed by atoms with Crippen LogP contribution in [0.1, 0.15) is 56.1 Å². The Balaban J connectivity index is 1.46. The third-order valence-corrected chi connectivity index (χ3v) is 7.37. The van der Waals surface area contributed by atoms with Gasteiger partial charge < -0.3 is 10.2 Å². The second-order valence-corrected chi connectivity index (χ2v) is 9.26. The molecule has 1 saturated carbocycles. The molecule has 1 aromatic rings. The number of carbonyl (C=O) groups excluding carboxylic acids is 1. The third kappa shape index (κ3) is 3.66. The average molecular weight is 409 g/mol. The summed E-state index contributed by atoms with van der Waals surface area (Å²) in [6.45, 7) is 1.72. The lowest BCUT2D eigenvalue weighted by atomic mass is 9.84. The predicted molar refractivity (Wildman–Crippen MR) is 119 cm³/mol. The first-order chi connectivity index (χ1) is 14.2. The zero-order chi connectivity index (χ0) is 19.8. The average Bonchev–Trinajstić information content (AvgIpc) is 3.24. The Morgan fingerprint density at radius 3 is 2.66 bits per heavy atom. The summed E-state index contributed by atoms with van der Waals surface area (Å²) >= 11 is 6.33. The van der Waals surface area contributed by atoms with Gasteiger partial charge in [-0.3, -0.25) is 4.79 Å². The lowest BCUT2D eigenvalue weighted by Gasteiger charge is -2.34. The Hall–Kier alpha value is -2.00. The SMILES string of the molecule is O=C(C1CCCC1)N1CCC(=C2c3ccc(Cl)cc3CCC3=CC=CNC32)CC1. The molecule has 2 fully saturated rings. The number of piperidine rings is 1. The summed E-state index contributed by atoms with van der Waals surface area (Å²) in [5.41, 5.74) is 7.08. The predicted octanol–water partition coefficient (Wildman–Crippen LogP) is 5.26. The number of benzene rings is 1. The van der Waals surface area contributed by atoms with E-state index in [9.17, 15) is 4.79 Å². The van der Waals surface area contributed by atoms with Crippen LogP contribution < -0.4 is 5.32 Å². The molecule has 3 nitrogen and oxygen atoms in total. The van der Waals surface area contributed by atoms with Crippen LogP contribution in [0.4, 0.5) is 0 Å². The highest BCUT2D eigenvalue weighted by Gasteiger charge is 2.32. The van der Waals surface area contributed by atoms with Crippen molar-refractivity contribution in [2.75, 3.05) is 13.1 Å². The Morgan fingerprint density at radius 1 is 1.07 bits per heavy atom. The summed E-state index contributed by atoms with van der Waals surface area (Å²) in [5.74, 6) is 0.684. The fraction of sp³-hybridized carbons (Fsp3) is 0.480. The van der Waals surface area contributed by atoms with Crippen molar-refractivity contribution in [2.45, 2.75) is 57.4 Å². The summed E-state index contributed by atoms with van der Waals surface area (Å²) in [5, 5.41) is 4.44. The van der Waals surface area contributed by atoms with Crippen molar-refractivity contribution in [2.24, 2.45) is 5.92 Å². The number of carbonyl (C=O) groups is 1. The molecule has 0 bridgehead atoms. The molecule has 2 heterocycles. The van der Waals surface area contributed by atoms with Gasteiger partial charge in [0.2, 0.25) is 5.91 Å². The van der Waals surface area contributed by atoms with Gasteiger partial charge in [-0.05, 0) is 85.2 Å². The fourth-order valence-corrected chi connectivity index (χ4v) is 5.78. The van der Waals surface area contributed by atoms with E-state index in [-0.39, 0.29) is 12.0 Å². The fourth-order valence-electron chi connectivity index (χ4n) is 5.58. The number of likely N-dealkylation sites (tertiary alicyclic amines) is 1. The van der Waals surface area contributed by atoms with Crippen LogP contribution >= 0.6 is 11.6 Å². The number of nitrogens with zero attached hydrogens (tertiary/aromatic N) is 1. The van der Waals surface area contributed by atoms with Gasteiger partial charge in [0.1, 0.15) is 0 Å². The Kier molecular flexibility index (Phi) is 5.26. The van der Waals surface area contributed by atoms with Crippen molar-refractivity contribution in [1.29, 1.82) is 0 Å². The number of hydrogen-bond donors (Lipinski definition) is 1. The van der Waals surface area contributed by atoms with Gasteiger partial charge in [0.05, 0.1) is 6.04 Å². The molecular formula is C25H29ClN2O. The molecule has 4 heteroatoms. The van der Waals surface area contributed by atoms with Crippen LogP contribution in [0.15, 0.2) is 47.7 Å². The van der Waals surface area contributed by atoms with Gasteiger partial charge in [-0.25, -0.2) is 0 Å². The minimum atomic E-state index is 0.245. The van der Waals surface area contributed by atoms with E-state index < -0.39 is 0 Å². The molecule has 1 atom stereocenters. The van der Waals surface area contributed by atoms with E-state index in [1.165, 1.54) is 40.7 Å². The molecular weight excluding hydrogens is 380 g/mol. The van der Waals surface area contributed by atoms with Crippen molar-refractivity contribution in [3.63, 3.8) is 0 Å². The summed E-state index contributed by atoms with van der Waals surface area (Å²) in [7, 11) is 0. The number of hydrogen-bond acceptors (Lipinski definition) is 2. The van der Waals surface area contributed by atoms with Crippen LogP contribution in [0.2, 0.25) is 5.02 Å². The molecule has 0 aromatic heterocycles. The third-order valence-electron chi connectivity index (χ3n) is 7.13. The Morgan fingerprint density at radius 2 is 1.86 bits per heavy atom. The van der Waals surface area contributed by atoms with Crippen LogP contribution in [0.5, 0.6) is 0 Å². The molecule has 0 spiro atoms. The number of nitrogens with one attached hydrogen (secondary N) is 1. The number of dihydropyridines is 1.